The fourth-order valence-corrected chi connectivity index (χ4v) is 1.45. The molecule has 0 aromatic heterocycles. The van der Waals surface area contributed by atoms with Crippen molar-refractivity contribution in [3.05, 3.63) is 34.1 Å². The van der Waals surface area contributed by atoms with Crippen molar-refractivity contribution >= 4 is 21.8 Å². The Morgan fingerprint density at radius 2 is 2.25 bits per heavy atom. The summed E-state index contributed by atoms with van der Waals surface area (Å²) >= 11 is 3.07. The molecule has 16 heavy (non-hydrogen) atoms. The summed E-state index contributed by atoms with van der Waals surface area (Å²) in [6.45, 7) is 0.841. The molecule has 0 spiro atoms. The van der Waals surface area contributed by atoms with E-state index in [1.807, 2.05) is 0 Å². The van der Waals surface area contributed by atoms with Gasteiger partial charge in [0.2, 0.25) is 5.91 Å². The Labute approximate surface area is 102 Å². The molecule has 88 valence electrons. The van der Waals surface area contributed by atoms with Gasteiger partial charge in [-0.15, -0.1) is 0 Å². The monoisotopic (exact) mass is 288 g/mol. The maximum atomic E-state index is 13.1. The summed E-state index contributed by atoms with van der Waals surface area (Å²) in [5.74, 6) is -0.387. The zero-order valence-corrected chi connectivity index (χ0v) is 10.4. The van der Waals surface area contributed by atoms with E-state index >= 15 is 0 Å². The molecular formula is C11H14BrFN2O. The highest BCUT2D eigenvalue weighted by atomic mass is 79.9. The van der Waals surface area contributed by atoms with E-state index in [0.29, 0.717) is 30.4 Å². The van der Waals surface area contributed by atoms with Crippen LogP contribution < -0.4 is 11.1 Å². The van der Waals surface area contributed by atoms with Crippen LogP contribution in [0.5, 0.6) is 0 Å². The van der Waals surface area contributed by atoms with Crippen molar-refractivity contribution in [3.8, 4) is 0 Å². The predicted octanol–water partition coefficient (Wildman–Crippen LogP) is 1.94. The zero-order valence-electron chi connectivity index (χ0n) is 8.80. The first-order chi connectivity index (χ1) is 7.63. The number of carbonyl (C=O) groups excluding carboxylic acids is 1. The Morgan fingerprint density at radius 1 is 1.50 bits per heavy atom. The van der Waals surface area contributed by atoms with Gasteiger partial charge in [0.05, 0.1) is 4.47 Å². The van der Waals surface area contributed by atoms with Gasteiger partial charge in [0, 0.05) is 13.0 Å². The summed E-state index contributed by atoms with van der Waals surface area (Å²) in [7, 11) is 0. The van der Waals surface area contributed by atoms with Crippen LogP contribution in [-0.2, 0) is 11.3 Å². The lowest BCUT2D eigenvalue weighted by molar-refractivity contribution is -0.121. The molecule has 0 aliphatic heterocycles. The van der Waals surface area contributed by atoms with Gasteiger partial charge in [0.1, 0.15) is 5.82 Å². The number of nitrogens with one attached hydrogen (secondary N) is 1. The molecule has 0 unspecified atom stereocenters. The lowest BCUT2D eigenvalue weighted by atomic mass is 10.2. The van der Waals surface area contributed by atoms with Crippen LogP contribution in [0, 0.1) is 5.82 Å². The Kier molecular flexibility index (Phi) is 5.42. The smallest absolute Gasteiger partial charge is 0.220 e. The van der Waals surface area contributed by atoms with Gasteiger partial charge in [0.15, 0.2) is 0 Å². The molecule has 5 heteroatoms. The van der Waals surface area contributed by atoms with Gasteiger partial charge >= 0.3 is 0 Å². The van der Waals surface area contributed by atoms with E-state index in [1.54, 1.807) is 12.1 Å². The van der Waals surface area contributed by atoms with Crippen LogP contribution in [-0.4, -0.2) is 12.5 Å². The summed E-state index contributed by atoms with van der Waals surface area (Å²) in [6.07, 6.45) is 1.08. The van der Waals surface area contributed by atoms with E-state index in [0.717, 1.165) is 5.56 Å². The van der Waals surface area contributed by atoms with Crippen LogP contribution >= 0.6 is 15.9 Å². The predicted molar refractivity (Wildman–Crippen MR) is 64.2 cm³/mol. The summed E-state index contributed by atoms with van der Waals surface area (Å²) in [5.41, 5.74) is 6.02. The topological polar surface area (TPSA) is 55.1 Å². The SMILES string of the molecule is NCCCC(=O)NCc1ccc(Br)c(F)c1. The summed E-state index contributed by atoms with van der Waals surface area (Å²) in [5, 5.41) is 2.70. The molecule has 0 atom stereocenters. The van der Waals surface area contributed by atoms with Crippen LogP contribution in [0.4, 0.5) is 4.39 Å². The van der Waals surface area contributed by atoms with Crippen molar-refractivity contribution in [2.24, 2.45) is 5.73 Å². The number of nitrogens with two attached hydrogens (primary N) is 1. The number of rotatable bonds is 5. The lowest BCUT2D eigenvalue weighted by Gasteiger charge is -2.05. The van der Waals surface area contributed by atoms with Crippen LogP contribution in [0.25, 0.3) is 0 Å². The minimum Gasteiger partial charge on any atom is -0.352 e. The minimum absolute atomic E-state index is 0.0613. The fraction of sp³-hybridized carbons (Fsp3) is 0.364. The third kappa shape index (κ3) is 4.28. The van der Waals surface area contributed by atoms with E-state index in [1.165, 1.54) is 6.07 Å². The molecule has 0 radical (unpaired) electrons. The molecule has 0 heterocycles. The molecule has 0 saturated heterocycles. The molecule has 1 amide bonds. The number of amides is 1. The maximum Gasteiger partial charge on any atom is 0.220 e. The van der Waals surface area contributed by atoms with Crippen LogP contribution in [0.2, 0.25) is 0 Å². The Bertz CT molecular complexity index is 371. The highest BCUT2D eigenvalue weighted by molar-refractivity contribution is 9.10. The molecule has 0 fully saturated rings. The molecule has 0 bridgehead atoms. The third-order valence-corrected chi connectivity index (χ3v) is 2.72. The Hall–Kier alpha value is -0.940. The van der Waals surface area contributed by atoms with Crippen LogP contribution in [0.3, 0.4) is 0 Å². The van der Waals surface area contributed by atoms with Crippen molar-refractivity contribution in [1.29, 1.82) is 0 Å². The number of halogens is 2. The van der Waals surface area contributed by atoms with Crippen molar-refractivity contribution in [2.75, 3.05) is 6.54 Å². The summed E-state index contributed by atoms with van der Waals surface area (Å²) in [4.78, 5) is 11.3. The highest BCUT2D eigenvalue weighted by Crippen LogP contribution is 2.16. The second kappa shape index (κ2) is 6.60. The molecule has 0 aliphatic rings. The number of hydrogen-bond donors (Lipinski definition) is 2. The van der Waals surface area contributed by atoms with Crippen LogP contribution in [0.1, 0.15) is 18.4 Å². The van der Waals surface area contributed by atoms with Gasteiger partial charge in [-0.2, -0.15) is 0 Å². The van der Waals surface area contributed by atoms with Crippen molar-refractivity contribution < 1.29 is 9.18 Å². The molecule has 1 rings (SSSR count). The standard InChI is InChI=1S/C11H14BrFN2O/c12-9-4-3-8(6-10(9)13)7-15-11(16)2-1-5-14/h3-4,6H,1-2,5,7,14H2,(H,15,16). The van der Waals surface area contributed by atoms with Gasteiger partial charge < -0.3 is 11.1 Å². The quantitative estimate of drug-likeness (QED) is 0.870. The van der Waals surface area contributed by atoms with E-state index in [-0.39, 0.29) is 11.7 Å². The van der Waals surface area contributed by atoms with Gasteiger partial charge in [-0.05, 0) is 46.6 Å². The van der Waals surface area contributed by atoms with Crippen LogP contribution in [0.15, 0.2) is 22.7 Å². The minimum atomic E-state index is -0.325. The number of hydrogen-bond acceptors (Lipinski definition) is 2. The van der Waals surface area contributed by atoms with Gasteiger partial charge in [-0.1, -0.05) is 6.07 Å². The average Bonchev–Trinajstić information content (AvgIpc) is 2.28. The van der Waals surface area contributed by atoms with E-state index in [4.69, 9.17) is 5.73 Å². The summed E-state index contributed by atoms with van der Waals surface area (Å²) < 4.78 is 13.6. The average molecular weight is 289 g/mol. The van der Waals surface area contributed by atoms with Gasteiger partial charge in [-0.25, -0.2) is 4.39 Å². The fourth-order valence-electron chi connectivity index (χ4n) is 1.20. The lowest BCUT2D eigenvalue weighted by Crippen LogP contribution is -2.23. The molecule has 3 nitrogen and oxygen atoms in total. The first-order valence-corrected chi connectivity index (χ1v) is 5.83. The molecule has 0 aliphatic carbocycles. The van der Waals surface area contributed by atoms with Gasteiger partial charge in [0.25, 0.3) is 0 Å². The first-order valence-electron chi connectivity index (χ1n) is 5.04. The molecule has 1 aromatic carbocycles. The summed E-state index contributed by atoms with van der Waals surface area (Å²) in [6, 6.07) is 4.78. The largest absolute Gasteiger partial charge is 0.352 e. The van der Waals surface area contributed by atoms with Crippen molar-refractivity contribution in [1.82, 2.24) is 5.32 Å². The molecule has 0 saturated carbocycles. The van der Waals surface area contributed by atoms with Crippen molar-refractivity contribution in [3.63, 3.8) is 0 Å². The van der Waals surface area contributed by atoms with Crippen molar-refractivity contribution in [2.45, 2.75) is 19.4 Å². The Balaban J connectivity index is 2.42. The highest BCUT2D eigenvalue weighted by Gasteiger charge is 2.03. The second-order valence-electron chi connectivity index (χ2n) is 3.42. The molecule has 3 N–H and O–H groups in total. The molecular weight excluding hydrogens is 275 g/mol. The first kappa shape index (κ1) is 13.1. The number of carbonyl (C=O) groups is 1. The number of benzene rings is 1. The normalized spacial score (nSPS) is 10.2. The van der Waals surface area contributed by atoms with E-state index in [2.05, 4.69) is 21.2 Å². The molecule has 1 aromatic rings. The Morgan fingerprint density at radius 3 is 2.88 bits per heavy atom. The van der Waals surface area contributed by atoms with Gasteiger partial charge in [-0.3, -0.25) is 4.79 Å². The maximum absolute atomic E-state index is 13.1. The second-order valence-corrected chi connectivity index (χ2v) is 4.27. The van der Waals surface area contributed by atoms with E-state index < -0.39 is 0 Å². The van der Waals surface area contributed by atoms with E-state index in [9.17, 15) is 9.18 Å². The third-order valence-electron chi connectivity index (χ3n) is 2.08. The zero-order chi connectivity index (χ0) is 12.0.